The average molecular weight is 649 g/mol. The van der Waals surface area contributed by atoms with Crippen LogP contribution in [0.5, 0.6) is 0 Å². The summed E-state index contributed by atoms with van der Waals surface area (Å²) in [6.07, 6.45) is 0.104. The van der Waals surface area contributed by atoms with E-state index in [1.165, 1.54) is 41.3 Å². The number of anilines is 3. The molecule has 2 aromatic carbocycles. The number of carbonyl (C=O) groups excluding carboxylic acids is 1. The number of halogens is 2. The van der Waals surface area contributed by atoms with Crippen LogP contribution in [0.4, 0.5) is 21.6 Å². The van der Waals surface area contributed by atoms with Crippen molar-refractivity contribution in [2.45, 2.75) is 19.9 Å². The highest BCUT2D eigenvalue weighted by molar-refractivity contribution is 14.1. The molecule has 0 aliphatic carbocycles. The van der Waals surface area contributed by atoms with Gasteiger partial charge in [0.15, 0.2) is 0 Å². The summed E-state index contributed by atoms with van der Waals surface area (Å²) in [6.45, 7) is 0.325. The van der Waals surface area contributed by atoms with Gasteiger partial charge >= 0.3 is 5.69 Å². The number of aliphatic hydroxyl groups is 2. The van der Waals surface area contributed by atoms with Gasteiger partial charge in [-0.25, -0.2) is 9.18 Å². The lowest BCUT2D eigenvalue weighted by Crippen LogP contribution is -2.41. The zero-order chi connectivity index (χ0) is 28.4. The van der Waals surface area contributed by atoms with Crippen LogP contribution < -0.4 is 27.4 Å². The zero-order valence-corrected chi connectivity index (χ0v) is 23.2. The van der Waals surface area contributed by atoms with Gasteiger partial charge in [0.1, 0.15) is 23.6 Å². The van der Waals surface area contributed by atoms with Gasteiger partial charge in [-0.1, -0.05) is 6.07 Å². The molecule has 0 atom stereocenters. The van der Waals surface area contributed by atoms with Crippen molar-refractivity contribution in [2.75, 3.05) is 23.8 Å². The van der Waals surface area contributed by atoms with Crippen LogP contribution in [-0.4, -0.2) is 43.0 Å². The van der Waals surface area contributed by atoms with Crippen LogP contribution in [0.3, 0.4) is 0 Å². The van der Waals surface area contributed by atoms with Crippen molar-refractivity contribution < 1.29 is 19.4 Å². The fourth-order valence-corrected chi connectivity index (χ4v) is 4.75. The van der Waals surface area contributed by atoms with Crippen LogP contribution in [0.25, 0.3) is 16.6 Å². The Labute approximate surface area is 234 Å². The van der Waals surface area contributed by atoms with Gasteiger partial charge < -0.3 is 20.8 Å². The van der Waals surface area contributed by atoms with E-state index in [-0.39, 0.29) is 58.9 Å². The fourth-order valence-electron chi connectivity index (χ4n) is 4.30. The van der Waals surface area contributed by atoms with Crippen molar-refractivity contribution in [2.24, 2.45) is 7.05 Å². The highest BCUT2D eigenvalue weighted by atomic mass is 127. The molecule has 2 heterocycles. The molecule has 11 nitrogen and oxygen atoms in total. The monoisotopic (exact) mass is 649 g/mol. The first-order valence-electron chi connectivity index (χ1n) is 11.8. The molecule has 13 heteroatoms. The summed E-state index contributed by atoms with van der Waals surface area (Å²) >= 11 is 1.96. The third-order valence-corrected chi connectivity index (χ3v) is 6.82. The summed E-state index contributed by atoms with van der Waals surface area (Å²) < 4.78 is 18.7. The van der Waals surface area contributed by atoms with Gasteiger partial charge in [-0.3, -0.25) is 28.1 Å². The predicted octanol–water partition coefficient (Wildman–Crippen LogP) is 1.96. The van der Waals surface area contributed by atoms with Gasteiger partial charge in [-0.15, -0.1) is 0 Å². The molecule has 0 aliphatic heterocycles. The van der Waals surface area contributed by atoms with Crippen LogP contribution in [0, 0.1) is 16.3 Å². The molecule has 2 aromatic heterocycles. The summed E-state index contributed by atoms with van der Waals surface area (Å²) in [7, 11) is 1.43. The minimum atomic E-state index is -0.769. The molecule has 0 radical (unpaired) electrons. The second-order valence-electron chi connectivity index (χ2n) is 8.72. The van der Waals surface area contributed by atoms with E-state index in [0.29, 0.717) is 3.57 Å². The van der Waals surface area contributed by atoms with E-state index >= 15 is 0 Å². The summed E-state index contributed by atoms with van der Waals surface area (Å²) in [6, 6.07) is 10.5. The van der Waals surface area contributed by atoms with Crippen molar-refractivity contribution >= 4 is 56.6 Å². The number of nitrogens with one attached hydrogen (secondary N) is 2. The zero-order valence-electron chi connectivity index (χ0n) is 21.0. The van der Waals surface area contributed by atoms with Crippen LogP contribution in [0.1, 0.15) is 12.0 Å². The number of aliphatic hydroxyl groups excluding tert-OH is 2. The number of carbonyl (C=O) groups is 1. The molecule has 0 aliphatic rings. The van der Waals surface area contributed by atoms with E-state index in [4.69, 9.17) is 5.11 Å². The maximum absolute atomic E-state index is 14.8. The Morgan fingerprint density at radius 1 is 1.08 bits per heavy atom. The summed E-state index contributed by atoms with van der Waals surface area (Å²) in [4.78, 5) is 52.6. The molecule has 0 unspecified atom stereocenters. The quantitative estimate of drug-likeness (QED) is 0.214. The third-order valence-electron chi connectivity index (χ3n) is 6.15. The lowest BCUT2D eigenvalue weighted by Gasteiger charge is -2.21. The van der Waals surface area contributed by atoms with Crippen LogP contribution in [0.2, 0.25) is 0 Å². The van der Waals surface area contributed by atoms with E-state index in [1.54, 1.807) is 24.3 Å². The minimum absolute atomic E-state index is 0.00685. The molecule has 4 aromatic rings. The lowest BCUT2D eigenvalue weighted by molar-refractivity contribution is -0.118. The predicted molar refractivity (Wildman–Crippen MR) is 154 cm³/mol. The number of hydrogen-bond acceptors (Lipinski definition) is 7. The van der Waals surface area contributed by atoms with Crippen LogP contribution in [0.15, 0.2) is 56.8 Å². The van der Waals surface area contributed by atoms with Gasteiger partial charge in [0, 0.05) is 35.0 Å². The number of fused-ring (bicyclic) bond motifs is 1. The molecule has 0 spiro atoms. The Balaban J connectivity index is 2.13. The number of rotatable bonds is 8. The van der Waals surface area contributed by atoms with Crippen molar-refractivity contribution in [3.63, 3.8) is 0 Å². The minimum Gasteiger partial charge on any atom is -0.396 e. The number of nitrogens with zero attached hydrogens (tertiary/aromatic N) is 3. The standard InChI is InChI=1S/C26H25FIN5O6/c1-14-22-21(23(31(2)24(14)37)30-19-8-7-15(28)11-18(19)27)25(38)32(9-4-10-34)26(39)33(22)17-6-3-5-16(12-17)29-20(36)13-35/h3,5-8,11-12,30,34-35H,4,9-10,13H2,1-2H3,(H,29,36). The number of pyridine rings is 1. The molecule has 0 fully saturated rings. The normalized spacial score (nSPS) is 11.1. The van der Waals surface area contributed by atoms with Crippen molar-refractivity contribution in [3.8, 4) is 5.69 Å². The summed E-state index contributed by atoms with van der Waals surface area (Å²) in [5, 5.41) is 23.8. The maximum Gasteiger partial charge on any atom is 0.336 e. The number of hydrogen-bond donors (Lipinski definition) is 4. The van der Waals surface area contributed by atoms with E-state index in [9.17, 15) is 28.7 Å². The molecular formula is C26H25FIN5O6. The van der Waals surface area contributed by atoms with Gasteiger partial charge in [0.05, 0.1) is 16.9 Å². The molecule has 204 valence electrons. The van der Waals surface area contributed by atoms with Crippen LogP contribution >= 0.6 is 22.6 Å². The molecular weight excluding hydrogens is 624 g/mol. The molecule has 39 heavy (non-hydrogen) atoms. The van der Waals surface area contributed by atoms with E-state index in [1.807, 2.05) is 22.6 Å². The summed E-state index contributed by atoms with van der Waals surface area (Å²) in [5.74, 6) is -1.31. The topological polar surface area (TPSA) is 148 Å². The van der Waals surface area contributed by atoms with E-state index in [0.717, 1.165) is 4.57 Å². The van der Waals surface area contributed by atoms with E-state index in [2.05, 4.69) is 10.6 Å². The Morgan fingerprint density at radius 2 is 1.82 bits per heavy atom. The van der Waals surface area contributed by atoms with E-state index < -0.39 is 35.1 Å². The summed E-state index contributed by atoms with van der Waals surface area (Å²) in [5.41, 5.74) is -1.42. The largest absolute Gasteiger partial charge is 0.396 e. The Bertz CT molecular complexity index is 1780. The highest BCUT2D eigenvalue weighted by Gasteiger charge is 2.24. The average Bonchev–Trinajstić information content (AvgIpc) is 2.91. The Morgan fingerprint density at radius 3 is 2.49 bits per heavy atom. The number of aryl methyl sites for hydroxylation is 1. The first-order valence-corrected chi connectivity index (χ1v) is 12.9. The molecule has 1 amide bonds. The van der Waals surface area contributed by atoms with Gasteiger partial charge in [-0.2, -0.15) is 0 Å². The number of aromatic nitrogens is 3. The second-order valence-corrected chi connectivity index (χ2v) is 9.96. The Hall–Kier alpha value is -3.82. The maximum atomic E-state index is 14.8. The molecule has 4 rings (SSSR count). The lowest BCUT2D eigenvalue weighted by atomic mass is 10.1. The highest BCUT2D eigenvalue weighted by Crippen LogP contribution is 2.28. The molecule has 0 saturated heterocycles. The van der Waals surface area contributed by atoms with Crippen molar-refractivity contribution in [3.05, 3.63) is 88.6 Å². The number of amides is 1. The first-order chi connectivity index (χ1) is 18.6. The fraction of sp³-hybridized carbons (Fsp3) is 0.231. The third kappa shape index (κ3) is 5.37. The van der Waals surface area contributed by atoms with Gasteiger partial charge in [-0.05, 0) is 72.3 Å². The van der Waals surface area contributed by atoms with Gasteiger partial charge in [0.2, 0.25) is 5.91 Å². The Kier molecular flexibility index (Phi) is 8.32. The van der Waals surface area contributed by atoms with Crippen molar-refractivity contribution in [1.82, 2.24) is 13.7 Å². The smallest absolute Gasteiger partial charge is 0.336 e. The molecule has 0 saturated carbocycles. The molecule has 0 bridgehead atoms. The van der Waals surface area contributed by atoms with Crippen LogP contribution in [-0.2, 0) is 18.4 Å². The first kappa shape index (κ1) is 28.2. The molecule has 4 N–H and O–H groups in total. The van der Waals surface area contributed by atoms with Crippen molar-refractivity contribution in [1.29, 1.82) is 0 Å². The van der Waals surface area contributed by atoms with Gasteiger partial charge in [0.25, 0.3) is 11.1 Å². The SMILES string of the molecule is Cc1c(=O)n(C)c(Nc2ccc(I)cc2F)c2c(=O)n(CCCO)c(=O)n(-c3cccc(NC(=O)CO)c3)c12. The number of benzene rings is 2. The second kappa shape index (κ2) is 11.5.